The van der Waals surface area contributed by atoms with Crippen molar-refractivity contribution in [2.24, 2.45) is 0 Å². The van der Waals surface area contributed by atoms with Crippen molar-refractivity contribution >= 4 is 5.91 Å². The second-order valence-corrected chi connectivity index (χ2v) is 4.27. The SMILES string of the molecule is C[C@@H]1CN(C(=O)c2cc(F)ccc2O)CCN1. The van der Waals surface area contributed by atoms with Crippen molar-refractivity contribution in [3.63, 3.8) is 0 Å². The van der Waals surface area contributed by atoms with Crippen LogP contribution in [0.1, 0.15) is 17.3 Å². The van der Waals surface area contributed by atoms with Crippen LogP contribution in [0.15, 0.2) is 18.2 Å². The maximum Gasteiger partial charge on any atom is 0.257 e. The number of hydrogen-bond donors (Lipinski definition) is 2. The van der Waals surface area contributed by atoms with Crippen LogP contribution in [-0.4, -0.2) is 41.6 Å². The summed E-state index contributed by atoms with van der Waals surface area (Å²) in [7, 11) is 0. The van der Waals surface area contributed by atoms with Crippen LogP contribution < -0.4 is 5.32 Å². The Kier molecular flexibility index (Phi) is 3.28. The van der Waals surface area contributed by atoms with Crippen LogP contribution in [-0.2, 0) is 0 Å². The molecule has 5 heteroatoms. The van der Waals surface area contributed by atoms with E-state index in [0.29, 0.717) is 19.6 Å². The normalized spacial score (nSPS) is 20.4. The zero-order chi connectivity index (χ0) is 12.4. The van der Waals surface area contributed by atoms with E-state index < -0.39 is 5.82 Å². The van der Waals surface area contributed by atoms with Crippen LogP contribution in [0.3, 0.4) is 0 Å². The van der Waals surface area contributed by atoms with Gasteiger partial charge in [0, 0.05) is 25.7 Å². The molecule has 1 atom stereocenters. The molecule has 1 heterocycles. The lowest BCUT2D eigenvalue weighted by atomic mass is 10.1. The third kappa shape index (κ3) is 2.55. The smallest absolute Gasteiger partial charge is 0.257 e. The largest absolute Gasteiger partial charge is 0.507 e. The predicted molar refractivity (Wildman–Crippen MR) is 61.4 cm³/mol. The Morgan fingerprint density at radius 2 is 2.35 bits per heavy atom. The first-order valence-corrected chi connectivity index (χ1v) is 5.59. The average molecular weight is 238 g/mol. The van der Waals surface area contributed by atoms with Gasteiger partial charge in [0.15, 0.2) is 0 Å². The van der Waals surface area contributed by atoms with Crippen molar-refractivity contribution in [3.8, 4) is 5.75 Å². The van der Waals surface area contributed by atoms with Crippen LogP contribution in [0.4, 0.5) is 4.39 Å². The number of carbonyl (C=O) groups excluding carboxylic acids is 1. The highest BCUT2D eigenvalue weighted by atomic mass is 19.1. The standard InChI is InChI=1S/C12H15FN2O2/c1-8-7-15(5-4-14-8)12(17)10-6-9(13)2-3-11(10)16/h2-3,6,8,14,16H,4-5,7H2,1H3/t8-/m1/s1. The molecule has 0 aliphatic carbocycles. The Balaban J connectivity index is 2.21. The number of piperazine rings is 1. The highest BCUT2D eigenvalue weighted by Gasteiger charge is 2.23. The number of amides is 1. The molecule has 1 fully saturated rings. The molecular weight excluding hydrogens is 223 g/mol. The van der Waals surface area contributed by atoms with Crippen LogP contribution >= 0.6 is 0 Å². The van der Waals surface area contributed by atoms with E-state index in [1.54, 1.807) is 4.90 Å². The molecule has 0 saturated carbocycles. The molecule has 0 bridgehead atoms. The summed E-state index contributed by atoms with van der Waals surface area (Å²) in [4.78, 5) is 13.7. The number of phenols is 1. The molecule has 1 amide bonds. The molecule has 0 aromatic heterocycles. The molecule has 0 unspecified atom stereocenters. The van der Waals surface area contributed by atoms with Gasteiger partial charge in [-0.1, -0.05) is 0 Å². The second kappa shape index (κ2) is 4.71. The zero-order valence-electron chi connectivity index (χ0n) is 9.61. The Hall–Kier alpha value is -1.62. The molecule has 0 radical (unpaired) electrons. The van der Waals surface area contributed by atoms with Gasteiger partial charge in [0.05, 0.1) is 5.56 Å². The van der Waals surface area contributed by atoms with Gasteiger partial charge >= 0.3 is 0 Å². The van der Waals surface area contributed by atoms with Gasteiger partial charge in [-0.15, -0.1) is 0 Å². The lowest BCUT2D eigenvalue weighted by molar-refractivity contribution is 0.0705. The van der Waals surface area contributed by atoms with Crippen LogP contribution in [0.2, 0.25) is 0 Å². The third-order valence-corrected chi connectivity index (χ3v) is 2.84. The number of halogens is 1. The molecule has 1 aliphatic rings. The molecule has 1 aliphatic heterocycles. The highest BCUT2D eigenvalue weighted by molar-refractivity contribution is 5.96. The lowest BCUT2D eigenvalue weighted by Gasteiger charge is -2.32. The van der Waals surface area contributed by atoms with Gasteiger partial charge in [0.1, 0.15) is 11.6 Å². The highest BCUT2D eigenvalue weighted by Crippen LogP contribution is 2.20. The first kappa shape index (κ1) is 11.9. The average Bonchev–Trinajstić information content (AvgIpc) is 2.31. The van der Waals surface area contributed by atoms with Crippen molar-refractivity contribution in [3.05, 3.63) is 29.6 Å². The fraction of sp³-hybridized carbons (Fsp3) is 0.417. The van der Waals surface area contributed by atoms with Crippen LogP contribution in [0.5, 0.6) is 5.75 Å². The van der Waals surface area contributed by atoms with Crippen LogP contribution in [0.25, 0.3) is 0 Å². The number of nitrogens with zero attached hydrogens (tertiary/aromatic N) is 1. The molecule has 92 valence electrons. The molecule has 1 aromatic carbocycles. The van der Waals surface area contributed by atoms with E-state index in [1.807, 2.05) is 6.92 Å². The number of hydrogen-bond acceptors (Lipinski definition) is 3. The number of nitrogens with one attached hydrogen (secondary N) is 1. The molecule has 4 nitrogen and oxygen atoms in total. The number of rotatable bonds is 1. The quantitative estimate of drug-likeness (QED) is 0.766. The van der Waals surface area contributed by atoms with E-state index in [2.05, 4.69) is 5.32 Å². The van der Waals surface area contributed by atoms with E-state index in [1.165, 1.54) is 6.07 Å². The minimum absolute atomic E-state index is 0.0269. The Labute approximate surface area is 99.0 Å². The molecule has 0 spiro atoms. The number of phenolic OH excluding ortho intramolecular Hbond substituents is 1. The summed E-state index contributed by atoms with van der Waals surface area (Å²) in [6.07, 6.45) is 0. The van der Waals surface area contributed by atoms with Gasteiger partial charge in [-0.05, 0) is 25.1 Å². The van der Waals surface area contributed by atoms with Crippen LogP contribution in [0, 0.1) is 5.82 Å². The van der Waals surface area contributed by atoms with E-state index in [0.717, 1.165) is 12.1 Å². The van der Waals surface area contributed by atoms with Crippen molar-refractivity contribution in [2.45, 2.75) is 13.0 Å². The van der Waals surface area contributed by atoms with E-state index in [4.69, 9.17) is 0 Å². The summed E-state index contributed by atoms with van der Waals surface area (Å²) in [6.45, 7) is 3.82. The van der Waals surface area contributed by atoms with Crippen molar-refractivity contribution in [1.29, 1.82) is 0 Å². The minimum Gasteiger partial charge on any atom is -0.507 e. The molecule has 2 N–H and O–H groups in total. The maximum atomic E-state index is 13.1. The Morgan fingerprint density at radius 3 is 3.06 bits per heavy atom. The number of benzene rings is 1. The third-order valence-electron chi connectivity index (χ3n) is 2.84. The second-order valence-electron chi connectivity index (χ2n) is 4.27. The summed E-state index contributed by atoms with van der Waals surface area (Å²) in [5, 5.41) is 12.8. The zero-order valence-corrected chi connectivity index (χ0v) is 9.61. The fourth-order valence-corrected chi connectivity index (χ4v) is 1.97. The molecular formula is C12H15FN2O2. The van der Waals surface area contributed by atoms with Gasteiger partial charge in [-0.2, -0.15) is 0 Å². The minimum atomic E-state index is -0.519. The van der Waals surface area contributed by atoms with Crippen molar-refractivity contribution < 1.29 is 14.3 Å². The van der Waals surface area contributed by atoms with Gasteiger partial charge in [0.25, 0.3) is 5.91 Å². The maximum absolute atomic E-state index is 13.1. The molecule has 17 heavy (non-hydrogen) atoms. The topological polar surface area (TPSA) is 52.6 Å². The lowest BCUT2D eigenvalue weighted by Crippen LogP contribution is -2.51. The number of aromatic hydroxyl groups is 1. The van der Waals surface area contributed by atoms with E-state index in [9.17, 15) is 14.3 Å². The number of carbonyl (C=O) groups is 1. The van der Waals surface area contributed by atoms with Gasteiger partial charge in [0.2, 0.25) is 0 Å². The summed E-state index contributed by atoms with van der Waals surface area (Å²) in [5.74, 6) is -1.02. The molecule has 1 saturated heterocycles. The monoisotopic (exact) mass is 238 g/mol. The van der Waals surface area contributed by atoms with E-state index in [-0.39, 0.29) is 23.3 Å². The van der Waals surface area contributed by atoms with Gasteiger partial charge < -0.3 is 15.3 Å². The molecule has 1 aromatic rings. The summed E-state index contributed by atoms with van der Waals surface area (Å²) in [5.41, 5.74) is 0.0269. The first-order chi connectivity index (χ1) is 8.08. The molecule has 2 rings (SSSR count). The van der Waals surface area contributed by atoms with E-state index >= 15 is 0 Å². The van der Waals surface area contributed by atoms with Crippen molar-refractivity contribution in [1.82, 2.24) is 10.2 Å². The summed E-state index contributed by atoms with van der Waals surface area (Å²) >= 11 is 0. The fourth-order valence-electron chi connectivity index (χ4n) is 1.97. The summed E-state index contributed by atoms with van der Waals surface area (Å²) in [6, 6.07) is 3.62. The summed E-state index contributed by atoms with van der Waals surface area (Å²) < 4.78 is 13.1. The Bertz CT molecular complexity index is 437. The predicted octanol–water partition coefficient (Wildman–Crippen LogP) is 0.965. The van der Waals surface area contributed by atoms with Crippen molar-refractivity contribution in [2.75, 3.05) is 19.6 Å². The Morgan fingerprint density at radius 1 is 1.59 bits per heavy atom. The van der Waals surface area contributed by atoms with Gasteiger partial charge in [-0.3, -0.25) is 4.79 Å². The first-order valence-electron chi connectivity index (χ1n) is 5.59. The van der Waals surface area contributed by atoms with Gasteiger partial charge in [-0.25, -0.2) is 4.39 Å².